The maximum atomic E-state index is 6.87. The molecular weight excluding hydrogens is 801 g/mol. The summed E-state index contributed by atoms with van der Waals surface area (Å²) in [6.45, 7) is 4.72. The fraction of sp³-hybridized carbons (Fsp3) is 0.0476. The van der Waals surface area contributed by atoms with Crippen LogP contribution in [0.15, 0.2) is 235 Å². The van der Waals surface area contributed by atoms with Gasteiger partial charge >= 0.3 is 0 Å². The number of rotatable bonds is 7. The van der Waals surface area contributed by atoms with Crippen LogP contribution >= 0.6 is 0 Å². The predicted molar refractivity (Wildman–Crippen MR) is 277 cm³/mol. The summed E-state index contributed by atoms with van der Waals surface area (Å²) in [7, 11) is 0. The lowest BCUT2D eigenvalue weighted by atomic mass is 9.82. The first kappa shape index (κ1) is 38.1. The summed E-state index contributed by atoms with van der Waals surface area (Å²) in [6.07, 6.45) is 0. The molecule has 0 spiro atoms. The van der Waals surface area contributed by atoms with Gasteiger partial charge in [0.15, 0.2) is 0 Å². The molecule has 0 bridgehead atoms. The number of fused-ring (bicyclic) bond motifs is 9. The molecule has 0 aliphatic heterocycles. The third-order valence-electron chi connectivity index (χ3n) is 14.0. The largest absolute Gasteiger partial charge is 0.456 e. The van der Waals surface area contributed by atoms with E-state index in [0.717, 1.165) is 66.9 Å². The van der Waals surface area contributed by atoms with Gasteiger partial charge in [-0.3, -0.25) is 0 Å². The smallest absolute Gasteiger partial charge is 0.137 e. The fourth-order valence-electron chi connectivity index (χ4n) is 10.8. The second-order valence-electron chi connectivity index (χ2n) is 18.1. The van der Waals surface area contributed by atoms with Crippen molar-refractivity contribution in [3.05, 3.63) is 242 Å². The van der Waals surface area contributed by atoms with E-state index in [2.05, 4.69) is 254 Å². The summed E-state index contributed by atoms with van der Waals surface area (Å²) in [6, 6.07) is 83.9. The van der Waals surface area contributed by atoms with Gasteiger partial charge in [0.25, 0.3) is 0 Å². The maximum absolute atomic E-state index is 6.87. The second-order valence-corrected chi connectivity index (χ2v) is 18.1. The van der Waals surface area contributed by atoms with Crippen LogP contribution in [0, 0.1) is 0 Å². The van der Waals surface area contributed by atoms with Crippen molar-refractivity contribution >= 4 is 60.8 Å². The molecule has 2 aromatic heterocycles. The van der Waals surface area contributed by atoms with E-state index in [1.54, 1.807) is 0 Å². The monoisotopic (exact) mass is 844 g/mol. The van der Waals surface area contributed by atoms with E-state index in [1.807, 2.05) is 0 Å². The molecule has 0 fully saturated rings. The van der Waals surface area contributed by atoms with Crippen LogP contribution in [0.4, 0.5) is 17.1 Å². The number of furan rings is 1. The van der Waals surface area contributed by atoms with Crippen LogP contribution < -0.4 is 4.90 Å². The Labute approximate surface area is 384 Å². The maximum Gasteiger partial charge on any atom is 0.137 e. The molecule has 1 aliphatic rings. The molecule has 10 aromatic carbocycles. The molecule has 1 aliphatic carbocycles. The summed E-state index contributed by atoms with van der Waals surface area (Å²) in [4.78, 5) is 2.48. The third-order valence-corrected chi connectivity index (χ3v) is 14.0. The van der Waals surface area contributed by atoms with Gasteiger partial charge in [-0.2, -0.15) is 0 Å². The molecule has 3 nitrogen and oxygen atoms in total. The van der Waals surface area contributed by atoms with Gasteiger partial charge in [0.05, 0.1) is 22.1 Å². The molecule has 2 heterocycles. The third kappa shape index (κ3) is 5.90. The van der Waals surface area contributed by atoms with E-state index >= 15 is 0 Å². The second kappa shape index (κ2) is 14.8. The van der Waals surface area contributed by atoms with Crippen LogP contribution in [0.3, 0.4) is 0 Å². The van der Waals surface area contributed by atoms with E-state index in [4.69, 9.17) is 4.42 Å². The van der Waals surface area contributed by atoms with Gasteiger partial charge in [0, 0.05) is 44.2 Å². The highest BCUT2D eigenvalue weighted by Crippen LogP contribution is 2.53. The molecule has 0 saturated carbocycles. The zero-order valence-corrected chi connectivity index (χ0v) is 36.7. The first-order valence-corrected chi connectivity index (χ1v) is 22.8. The summed E-state index contributed by atoms with van der Waals surface area (Å²) in [5.41, 5.74) is 20.5. The highest BCUT2D eigenvalue weighted by atomic mass is 16.3. The molecule has 0 N–H and O–H groups in total. The zero-order valence-electron chi connectivity index (χ0n) is 36.7. The number of benzene rings is 10. The van der Waals surface area contributed by atoms with E-state index in [1.165, 1.54) is 55.2 Å². The van der Waals surface area contributed by atoms with Crippen LogP contribution in [-0.2, 0) is 5.41 Å². The molecule has 3 heteroatoms. The van der Waals surface area contributed by atoms with Crippen molar-refractivity contribution < 1.29 is 4.42 Å². The quantitative estimate of drug-likeness (QED) is 0.159. The Morgan fingerprint density at radius 3 is 1.73 bits per heavy atom. The van der Waals surface area contributed by atoms with Crippen LogP contribution in [0.5, 0.6) is 0 Å². The number of anilines is 3. The van der Waals surface area contributed by atoms with Gasteiger partial charge in [-0.15, -0.1) is 0 Å². The standard InChI is InChI=1S/C63H44N2O/c1-63(2)55-24-14-12-22-50(55)51-33-32-48(40-56(51)63)64(47-30-26-42(27-31-47)41-16-6-3-7-17-41)62-49(43-18-8-4-9-19-43)34-37-60-61(62)54-39-45(29-36-59(54)66-60)44-28-35-58-53(38-44)52-23-13-15-25-57(52)65(58)46-20-10-5-11-21-46/h3-40H,1-2H3. The predicted octanol–water partition coefficient (Wildman–Crippen LogP) is 17.5. The highest BCUT2D eigenvalue weighted by molar-refractivity contribution is 6.18. The van der Waals surface area contributed by atoms with Crippen molar-refractivity contribution in [2.45, 2.75) is 19.3 Å². The lowest BCUT2D eigenvalue weighted by molar-refractivity contribution is 0.660. The minimum absolute atomic E-state index is 0.176. The van der Waals surface area contributed by atoms with Crippen LogP contribution in [0.2, 0.25) is 0 Å². The average Bonchev–Trinajstić information content (AvgIpc) is 4.00. The lowest BCUT2D eigenvalue weighted by Crippen LogP contribution is -2.17. The molecule has 66 heavy (non-hydrogen) atoms. The van der Waals surface area contributed by atoms with Crippen LogP contribution in [-0.4, -0.2) is 4.57 Å². The van der Waals surface area contributed by atoms with E-state index in [-0.39, 0.29) is 5.41 Å². The average molecular weight is 845 g/mol. The van der Waals surface area contributed by atoms with Gasteiger partial charge < -0.3 is 13.9 Å². The molecule has 0 atom stereocenters. The Balaban J connectivity index is 1.06. The van der Waals surface area contributed by atoms with Crippen LogP contribution in [0.25, 0.3) is 93.9 Å². The number of para-hydroxylation sites is 2. The molecule has 0 saturated heterocycles. The van der Waals surface area contributed by atoms with Crippen molar-refractivity contribution in [3.63, 3.8) is 0 Å². The minimum Gasteiger partial charge on any atom is -0.456 e. The first-order valence-electron chi connectivity index (χ1n) is 22.8. The summed E-state index contributed by atoms with van der Waals surface area (Å²) in [5, 5.41) is 4.60. The fourth-order valence-corrected chi connectivity index (χ4v) is 10.8. The molecule has 12 aromatic rings. The Hall–Kier alpha value is -8.40. The Morgan fingerprint density at radius 2 is 0.939 bits per heavy atom. The molecule has 312 valence electrons. The molecule has 0 amide bonds. The van der Waals surface area contributed by atoms with Crippen molar-refractivity contribution in [3.8, 4) is 50.2 Å². The van der Waals surface area contributed by atoms with E-state index < -0.39 is 0 Å². The van der Waals surface area contributed by atoms with Crippen molar-refractivity contribution in [1.82, 2.24) is 4.57 Å². The lowest BCUT2D eigenvalue weighted by Gasteiger charge is -2.30. The summed E-state index contributed by atoms with van der Waals surface area (Å²) < 4.78 is 9.25. The van der Waals surface area contributed by atoms with E-state index in [0.29, 0.717) is 0 Å². The van der Waals surface area contributed by atoms with Crippen LogP contribution in [0.1, 0.15) is 25.0 Å². The Kier molecular flexibility index (Phi) is 8.56. The number of hydrogen-bond acceptors (Lipinski definition) is 2. The van der Waals surface area contributed by atoms with E-state index in [9.17, 15) is 0 Å². The minimum atomic E-state index is -0.176. The Bertz CT molecular complexity index is 3820. The van der Waals surface area contributed by atoms with Gasteiger partial charge in [0.2, 0.25) is 0 Å². The number of nitrogens with zero attached hydrogens (tertiary/aromatic N) is 2. The summed E-state index contributed by atoms with van der Waals surface area (Å²) >= 11 is 0. The van der Waals surface area contributed by atoms with Crippen molar-refractivity contribution in [2.75, 3.05) is 4.90 Å². The van der Waals surface area contributed by atoms with Crippen molar-refractivity contribution in [1.29, 1.82) is 0 Å². The molecule has 0 unspecified atom stereocenters. The SMILES string of the molecule is CC1(C)c2ccccc2-c2ccc(N(c3ccc(-c4ccccc4)cc3)c3c(-c4ccccc4)ccc4oc5ccc(-c6ccc7c(c6)c6ccccc6n7-c6ccccc6)cc5c34)cc21. The molecule has 13 rings (SSSR count). The summed E-state index contributed by atoms with van der Waals surface area (Å²) in [5.74, 6) is 0. The number of aromatic nitrogens is 1. The van der Waals surface area contributed by atoms with Gasteiger partial charge in [0.1, 0.15) is 11.2 Å². The van der Waals surface area contributed by atoms with Gasteiger partial charge in [-0.05, 0) is 129 Å². The topological polar surface area (TPSA) is 21.3 Å². The van der Waals surface area contributed by atoms with Crippen molar-refractivity contribution in [2.24, 2.45) is 0 Å². The molecular formula is C63H44N2O. The Morgan fingerprint density at radius 1 is 0.379 bits per heavy atom. The highest BCUT2D eigenvalue weighted by Gasteiger charge is 2.36. The first-order chi connectivity index (χ1) is 32.5. The van der Waals surface area contributed by atoms with Gasteiger partial charge in [-0.25, -0.2) is 0 Å². The van der Waals surface area contributed by atoms with Gasteiger partial charge in [-0.1, -0.05) is 166 Å². The zero-order chi connectivity index (χ0) is 43.9. The number of hydrogen-bond donors (Lipinski definition) is 0. The normalized spacial score (nSPS) is 12.8. The molecule has 0 radical (unpaired) electrons.